The Labute approximate surface area is 204 Å². The second kappa shape index (κ2) is 10.2. The number of rotatable bonds is 5. The van der Waals surface area contributed by atoms with Crippen molar-refractivity contribution in [3.05, 3.63) is 41.2 Å². The van der Waals surface area contributed by atoms with Gasteiger partial charge in [0, 0.05) is 12.1 Å². The zero-order valence-corrected chi connectivity index (χ0v) is 18.9. The van der Waals surface area contributed by atoms with Gasteiger partial charge < -0.3 is 72.2 Å². The summed E-state index contributed by atoms with van der Waals surface area (Å²) >= 11 is 0. The van der Waals surface area contributed by atoms with E-state index in [1.807, 2.05) is 0 Å². The van der Waals surface area contributed by atoms with Gasteiger partial charge in [0.25, 0.3) is 11.9 Å². The molecular weight excluding hydrogens is 492 g/mol. The van der Waals surface area contributed by atoms with Crippen molar-refractivity contribution in [1.82, 2.24) is 0 Å². The summed E-state index contributed by atoms with van der Waals surface area (Å²) in [7, 11) is 1.28. The minimum atomic E-state index is -1.71. The van der Waals surface area contributed by atoms with E-state index >= 15 is 0 Å². The predicted molar refractivity (Wildman–Crippen MR) is 113 cm³/mol. The third kappa shape index (κ3) is 4.85. The normalized spacial score (nSPS) is 27.6. The molecule has 6 atom stereocenters. The molecule has 35 heavy (non-hydrogen) atoms. The van der Waals surface area contributed by atoms with Crippen molar-refractivity contribution in [2.45, 2.75) is 36.8 Å². The predicted octanol–water partition coefficient (Wildman–Crippen LogP) is -3.32. The molecule has 2 aromatic carbocycles. The van der Waals surface area contributed by atoms with Crippen molar-refractivity contribution in [1.29, 1.82) is 0 Å². The van der Waals surface area contributed by atoms with Crippen LogP contribution in [0.4, 0.5) is 0 Å². The molecule has 192 valence electrons. The summed E-state index contributed by atoms with van der Waals surface area (Å²) in [6.45, 7) is -0.663. The highest BCUT2D eigenvalue weighted by molar-refractivity contribution is 5.69. The van der Waals surface area contributed by atoms with Crippen molar-refractivity contribution < 1.29 is 72.2 Å². The fourth-order valence-corrected chi connectivity index (χ4v) is 3.85. The van der Waals surface area contributed by atoms with E-state index in [0.717, 1.165) is 6.07 Å². The zero-order chi connectivity index (χ0) is 24.7. The van der Waals surface area contributed by atoms with Gasteiger partial charge in [-0.25, -0.2) is 0 Å². The van der Waals surface area contributed by atoms with E-state index in [1.54, 1.807) is 0 Å². The van der Waals surface area contributed by atoms with Crippen LogP contribution in [0.25, 0.3) is 6.08 Å². The van der Waals surface area contributed by atoms with Crippen LogP contribution in [0.3, 0.4) is 0 Å². The van der Waals surface area contributed by atoms with Gasteiger partial charge in [-0.2, -0.15) is 0 Å². The molecule has 0 radical (unpaired) electrons. The Morgan fingerprint density at radius 1 is 0.943 bits per heavy atom. The maximum atomic E-state index is 10.4. The van der Waals surface area contributed by atoms with Crippen molar-refractivity contribution in [3.8, 4) is 34.5 Å². The Hall–Kier alpha value is -3.13. The van der Waals surface area contributed by atoms with Crippen LogP contribution in [0.1, 0.15) is 17.2 Å². The molecule has 4 rings (SSSR count). The largest absolute Gasteiger partial charge is 1.00 e. The first kappa shape index (κ1) is 26.5. The number of phenolic OH excluding ortho intramolecular Hbond substituents is 4. The number of benzene rings is 2. The van der Waals surface area contributed by atoms with E-state index in [2.05, 4.69) is 4.74 Å². The molecule has 0 amide bonds. The highest BCUT2D eigenvalue weighted by atomic mass is 35.5. The number of hydrogen-bond donors (Lipinski definition) is 8. The lowest BCUT2D eigenvalue weighted by atomic mass is 9.98. The van der Waals surface area contributed by atoms with E-state index < -0.39 is 54.9 Å². The Morgan fingerprint density at radius 3 is 2.31 bits per heavy atom. The average molecular weight is 517 g/mol. The molecule has 9 N–H and O–H groups in total. The van der Waals surface area contributed by atoms with Crippen molar-refractivity contribution in [3.63, 3.8) is 0 Å². The first-order chi connectivity index (χ1) is 16.1. The van der Waals surface area contributed by atoms with Crippen molar-refractivity contribution in [2.75, 3.05) is 13.7 Å². The molecule has 13 heteroatoms. The Morgan fingerprint density at radius 2 is 1.66 bits per heavy atom. The molecule has 2 aromatic rings. The van der Waals surface area contributed by atoms with Crippen LogP contribution in [0.2, 0.25) is 0 Å². The van der Waals surface area contributed by atoms with E-state index in [9.17, 15) is 40.9 Å². The Balaban J connectivity index is 0.00000342. The molecule has 0 aliphatic carbocycles. The third-order valence-corrected chi connectivity index (χ3v) is 5.66. The molecule has 2 aliphatic rings. The highest BCUT2D eigenvalue weighted by Crippen LogP contribution is 2.47. The number of phenols is 4. The maximum absolute atomic E-state index is 10.4. The van der Waals surface area contributed by atoms with Crippen LogP contribution in [0.5, 0.6) is 34.5 Å². The lowest BCUT2D eigenvalue weighted by Gasteiger charge is -2.40. The number of aliphatic hydroxyl groups is 5. The number of hydrogen-bond acceptors (Lipinski definition) is 11. The van der Waals surface area contributed by atoms with Gasteiger partial charge in [0.1, 0.15) is 41.5 Å². The number of ether oxygens (including phenoxy) is 4. The number of fused-ring (bicyclic) bond motifs is 1. The second-order valence-corrected chi connectivity index (χ2v) is 7.88. The lowest BCUT2D eigenvalue weighted by Crippen LogP contribution is -3.00. The minimum absolute atomic E-state index is 0. The first-order valence-electron chi connectivity index (χ1n) is 10.2. The number of aliphatic hydroxyl groups excluding tert-OH is 4. The van der Waals surface area contributed by atoms with Crippen LogP contribution in [-0.4, -0.2) is 90.0 Å². The maximum Gasteiger partial charge on any atom is 0.270 e. The summed E-state index contributed by atoms with van der Waals surface area (Å²) < 4.78 is 20.8. The van der Waals surface area contributed by atoms with E-state index in [0.29, 0.717) is 0 Å². The summed E-state index contributed by atoms with van der Waals surface area (Å²) in [4.78, 5) is 0. The van der Waals surface area contributed by atoms with Crippen LogP contribution < -0.4 is 17.1 Å². The van der Waals surface area contributed by atoms with Gasteiger partial charge >= 0.3 is 0 Å². The zero-order valence-electron chi connectivity index (χ0n) is 18.2. The van der Waals surface area contributed by atoms with Gasteiger partial charge in [-0.15, -0.1) is 0 Å². The van der Waals surface area contributed by atoms with Gasteiger partial charge in [0.15, 0.2) is 17.3 Å². The quantitative estimate of drug-likeness (QED) is 0.146. The van der Waals surface area contributed by atoms with Gasteiger partial charge in [-0.05, 0) is 12.1 Å². The van der Waals surface area contributed by atoms with Crippen LogP contribution >= 0.6 is 0 Å². The van der Waals surface area contributed by atoms with Gasteiger partial charge in [-0.1, -0.05) is 0 Å². The second-order valence-electron chi connectivity index (χ2n) is 7.88. The molecule has 1 saturated heterocycles. The topological polar surface area (TPSA) is 202 Å². The molecule has 1 fully saturated rings. The summed E-state index contributed by atoms with van der Waals surface area (Å²) in [5.74, 6) is -1.50. The van der Waals surface area contributed by atoms with E-state index in [-0.39, 0.29) is 52.3 Å². The van der Waals surface area contributed by atoms with Gasteiger partial charge in [-0.3, -0.25) is 0 Å². The van der Waals surface area contributed by atoms with Gasteiger partial charge in [0.2, 0.25) is 12.0 Å². The third-order valence-electron chi connectivity index (χ3n) is 5.66. The average Bonchev–Trinajstić information content (AvgIpc) is 2.81. The number of methoxy groups -OCH3 is 1. The fourth-order valence-electron chi connectivity index (χ4n) is 3.85. The molecular formula is C22H25ClO12. The summed E-state index contributed by atoms with van der Waals surface area (Å²) in [6, 6.07) is 4.96. The smallest absolute Gasteiger partial charge is 0.270 e. The molecule has 0 saturated carbocycles. The highest BCUT2D eigenvalue weighted by Gasteiger charge is 2.46. The SMILES string of the molecule is COc1cc(C2[OH+]c3cc(O)cc(O)c3C=C2O[C@@H]2O[C@H](CO)[C@H](O)[C@H](O)[C@H]2O)cc(O)c1O.[Cl-]. The van der Waals surface area contributed by atoms with Crippen LogP contribution in [0.15, 0.2) is 30.0 Å². The molecule has 0 aromatic heterocycles. The minimum Gasteiger partial charge on any atom is -1.00 e. The molecule has 0 spiro atoms. The van der Waals surface area contributed by atoms with Crippen molar-refractivity contribution >= 4 is 6.08 Å². The van der Waals surface area contributed by atoms with Crippen LogP contribution in [-0.2, 0) is 9.47 Å². The Kier molecular flexibility index (Phi) is 7.74. The standard InChI is InChI=1S/C22H24O12.ClH/c1-31-14-3-8(2-12(26)17(14)27)21-15(6-10-11(25)4-9(24)5-13(10)32-21)33-22-20(30)19(29)18(28)16(7-23)34-22;/h2-6,16,18-30H,7H2,1H3;1H/t16-,18+,19+,20-,21?,22-;/m1./s1. The molecule has 2 heterocycles. The summed E-state index contributed by atoms with van der Waals surface area (Å²) in [5.41, 5.74) is 0.431. The molecule has 0 bridgehead atoms. The monoisotopic (exact) mass is 516 g/mol. The Bertz CT molecular complexity index is 1100. The van der Waals surface area contributed by atoms with Crippen molar-refractivity contribution in [2.24, 2.45) is 0 Å². The van der Waals surface area contributed by atoms with Crippen LogP contribution in [0, 0.1) is 0 Å². The summed E-state index contributed by atoms with van der Waals surface area (Å²) in [6.07, 6.45) is -7.46. The van der Waals surface area contributed by atoms with Gasteiger partial charge in [0.05, 0.1) is 25.3 Å². The number of halogens is 1. The molecule has 2 aliphatic heterocycles. The van der Waals surface area contributed by atoms with E-state index in [4.69, 9.17) is 14.2 Å². The molecule has 12 nitrogen and oxygen atoms in total. The number of aromatic hydroxyl groups is 5. The summed E-state index contributed by atoms with van der Waals surface area (Å²) in [5, 5.41) is 80.2. The lowest BCUT2D eigenvalue weighted by molar-refractivity contribution is -0.295. The first-order valence-corrected chi connectivity index (χ1v) is 10.2. The molecule has 1 unspecified atom stereocenters. The fraction of sp³-hybridized carbons (Fsp3) is 0.364. The van der Waals surface area contributed by atoms with E-state index in [1.165, 1.54) is 31.4 Å².